The van der Waals surface area contributed by atoms with E-state index in [0.717, 1.165) is 33.8 Å². The number of nitrogens with zero attached hydrogens (tertiary/aromatic N) is 3. The molecule has 246 valence electrons. The van der Waals surface area contributed by atoms with E-state index in [2.05, 4.69) is 125 Å². The van der Waals surface area contributed by atoms with Gasteiger partial charge in [-0.05, 0) is 58.3 Å². The molecule has 0 fully saturated rings. The Morgan fingerprint density at radius 2 is 1.15 bits per heavy atom. The topological polar surface area (TPSA) is 40.6 Å². The predicted octanol–water partition coefficient (Wildman–Crippen LogP) is 12.4. The van der Waals surface area contributed by atoms with Crippen molar-refractivity contribution in [3.8, 4) is 6.07 Å². The molecule has 52 heavy (non-hydrogen) atoms. The van der Waals surface area contributed by atoms with Crippen LogP contribution in [0.1, 0.15) is 23.1 Å². The van der Waals surface area contributed by atoms with Crippen LogP contribution in [0.5, 0.6) is 0 Å². The maximum atomic E-state index is 9.92. The number of fused-ring (bicyclic) bond motifs is 2. The fourth-order valence-corrected chi connectivity index (χ4v) is 7.19. The van der Waals surface area contributed by atoms with Gasteiger partial charge < -0.3 is 9.64 Å². The third-order valence-electron chi connectivity index (χ3n) is 9.66. The van der Waals surface area contributed by atoms with Gasteiger partial charge in [0, 0.05) is 34.0 Å². The van der Waals surface area contributed by atoms with Crippen LogP contribution in [0, 0.1) is 17.9 Å². The van der Waals surface area contributed by atoms with E-state index in [1.165, 1.54) is 21.5 Å². The number of allylic oxidation sites excluding steroid dienone is 3. The molecule has 4 heteroatoms. The van der Waals surface area contributed by atoms with Crippen molar-refractivity contribution in [2.75, 3.05) is 4.90 Å². The molecule has 1 heterocycles. The average Bonchev–Trinajstić information content (AvgIpc) is 3.22. The Bertz CT molecular complexity index is 2440. The summed E-state index contributed by atoms with van der Waals surface area (Å²) in [7, 11) is 0. The number of benzene rings is 7. The van der Waals surface area contributed by atoms with E-state index in [4.69, 9.17) is 11.3 Å². The summed E-state index contributed by atoms with van der Waals surface area (Å²) in [6.45, 7) is 7.76. The predicted molar refractivity (Wildman–Crippen MR) is 212 cm³/mol. The normalized spacial score (nSPS) is 14.6. The van der Waals surface area contributed by atoms with Gasteiger partial charge in [-0.3, -0.25) is 0 Å². The van der Waals surface area contributed by atoms with Gasteiger partial charge in [0.1, 0.15) is 5.76 Å². The van der Waals surface area contributed by atoms with Crippen LogP contribution in [0.25, 0.3) is 32.5 Å². The molecule has 7 aromatic carbocycles. The smallest absolute Gasteiger partial charge is 0.265 e. The van der Waals surface area contributed by atoms with Crippen molar-refractivity contribution < 1.29 is 4.74 Å². The fourth-order valence-electron chi connectivity index (χ4n) is 7.19. The zero-order valence-electron chi connectivity index (χ0n) is 28.4. The van der Waals surface area contributed by atoms with Crippen LogP contribution in [-0.2, 0) is 10.3 Å². The van der Waals surface area contributed by atoms with E-state index in [-0.39, 0.29) is 5.70 Å². The molecule has 1 aliphatic heterocycles. The van der Waals surface area contributed by atoms with Gasteiger partial charge in [-0.2, -0.15) is 0 Å². The second-order valence-corrected chi connectivity index (χ2v) is 12.7. The molecule has 0 aliphatic carbocycles. The maximum absolute atomic E-state index is 9.92. The Morgan fingerprint density at radius 3 is 1.69 bits per heavy atom. The first kappa shape index (κ1) is 32.1. The quantitative estimate of drug-likeness (QED) is 0.125. The summed E-state index contributed by atoms with van der Waals surface area (Å²) in [5.74, 6) is 0.572. The Balaban J connectivity index is 1.20. The zero-order valence-corrected chi connectivity index (χ0v) is 28.4. The molecule has 0 aromatic heterocycles. The van der Waals surface area contributed by atoms with Crippen LogP contribution in [0.3, 0.4) is 0 Å². The van der Waals surface area contributed by atoms with Crippen molar-refractivity contribution in [3.05, 3.63) is 227 Å². The number of hydrogen-bond acceptors (Lipinski definition) is 3. The van der Waals surface area contributed by atoms with Gasteiger partial charge >= 0.3 is 0 Å². The van der Waals surface area contributed by atoms with Crippen molar-refractivity contribution in [2.45, 2.75) is 12.0 Å². The molecule has 7 aromatic rings. The number of ether oxygens (including phenoxy) is 1. The first-order chi connectivity index (χ1) is 25.7. The minimum absolute atomic E-state index is 0.0664. The Morgan fingerprint density at radius 1 is 0.635 bits per heavy atom. The zero-order chi connectivity index (χ0) is 35.3. The molecule has 0 N–H and O–H groups in total. The molecule has 0 unspecified atom stereocenters. The molecule has 0 bridgehead atoms. The van der Waals surface area contributed by atoms with E-state index >= 15 is 0 Å². The minimum Gasteiger partial charge on any atom is -0.478 e. The summed E-state index contributed by atoms with van der Waals surface area (Å²) in [6, 6.07) is 60.6. The third kappa shape index (κ3) is 6.00. The Hall–Kier alpha value is -7.14. The molecular formula is C48H33N3O. The molecular weight excluding hydrogens is 635 g/mol. The van der Waals surface area contributed by atoms with Crippen LogP contribution in [0.4, 0.5) is 17.1 Å². The minimum atomic E-state index is -0.916. The van der Waals surface area contributed by atoms with Gasteiger partial charge in [0.2, 0.25) is 0 Å². The molecule has 0 spiro atoms. The van der Waals surface area contributed by atoms with E-state index in [0.29, 0.717) is 17.8 Å². The van der Waals surface area contributed by atoms with E-state index in [1.54, 1.807) is 0 Å². The summed E-state index contributed by atoms with van der Waals surface area (Å²) in [5, 5.41) is 14.6. The lowest BCUT2D eigenvalue weighted by molar-refractivity contribution is 0.0348. The van der Waals surface area contributed by atoms with Gasteiger partial charge in [0.15, 0.2) is 5.60 Å². The molecule has 8 rings (SSSR count). The maximum Gasteiger partial charge on any atom is 0.265 e. The largest absolute Gasteiger partial charge is 0.478 e. The fraction of sp³-hybridized carbons (Fsp3) is 0.0417. The lowest BCUT2D eigenvalue weighted by Crippen LogP contribution is -2.34. The lowest BCUT2D eigenvalue weighted by Gasteiger charge is -2.39. The molecule has 0 atom stereocenters. The molecule has 0 radical (unpaired) electrons. The van der Waals surface area contributed by atoms with Crippen molar-refractivity contribution in [2.24, 2.45) is 0 Å². The standard InChI is InChI=1S/C48H33N3O/c1-50-45(34-49)38-32-42(52-48(33-38,39-18-4-2-5-19-39)40-20-6-3-7-21-40)31-28-35-26-29-41(30-27-35)51(46-24-12-16-36-14-8-10-22-43(36)46)47-25-13-17-37-15-9-11-23-44(37)47/h2-32H,33H2. The molecule has 1 aliphatic rings. The van der Waals surface area contributed by atoms with E-state index < -0.39 is 5.60 Å². The van der Waals surface area contributed by atoms with Crippen LogP contribution in [0.2, 0.25) is 0 Å². The van der Waals surface area contributed by atoms with Gasteiger partial charge in [0.25, 0.3) is 5.70 Å². The monoisotopic (exact) mass is 667 g/mol. The van der Waals surface area contributed by atoms with Crippen molar-refractivity contribution >= 4 is 44.7 Å². The van der Waals surface area contributed by atoms with E-state index in [9.17, 15) is 5.26 Å². The first-order valence-corrected chi connectivity index (χ1v) is 17.2. The highest BCUT2D eigenvalue weighted by atomic mass is 16.5. The number of rotatable bonds is 7. The van der Waals surface area contributed by atoms with Crippen molar-refractivity contribution in [1.82, 2.24) is 0 Å². The highest BCUT2D eigenvalue weighted by molar-refractivity contribution is 6.04. The highest BCUT2D eigenvalue weighted by Gasteiger charge is 2.40. The summed E-state index contributed by atoms with van der Waals surface area (Å²) >= 11 is 0. The van der Waals surface area contributed by atoms with Crippen molar-refractivity contribution in [1.29, 1.82) is 5.26 Å². The summed E-state index contributed by atoms with van der Waals surface area (Å²) in [6.07, 6.45) is 6.13. The second-order valence-electron chi connectivity index (χ2n) is 12.7. The first-order valence-electron chi connectivity index (χ1n) is 17.2. The Kier molecular flexibility index (Phi) is 8.64. The van der Waals surface area contributed by atoms with Gasteiger partial charge in [0.05, 0.1) is 24.0 Å². The number of hydrogen-bond donors (Lipinski definition) is 0. The SMILES string of the molecule is [C-]#[N+]C(C#N)=C1C=C(C=Cc2ccc(N(c3cccc4ccccc34)c3cccc4ccccc34)cc2)OC(c2ccccc2)(c2ccccc2)C1. The second kappa shape index (κ2) is 14.0. The molecule has 0 saturated carbocycles. The summed E-state index contributed by atoms with van der Waals surface area (Å²) in [5.41, 5.74) is 5.91. The van der Waals surface area contributed by atoms with Crippen LogP contribution < -0.4 is 4.90 Å². The molecule has 4 nitrogen and oxygen atoms in total. The molecule has 0 amide bonds. The average molecular weight is 668 g/mol. The van der Waals surface area contributed by atoms with Crippen molar-refractivity contribution in [3.63, 3.8) is 0 Å². The lowest BCUT2D eigenvalue weighted by atomic mass is 9.79. The summed E-state index contributed by atoms with van der Waals surface area (Å²) in [4.78, 5) is 5.93. The number of anilines is 3. The van der Waals surface area contributed by atoms with Crippen LogP contribution >= 0.6 is 0 Å². The third-order valence-corrected chi connectivity index (χ3v) is 9.66. The number of nitriles is 1. The van der Waals surface area contributed by atoms with E-state index in [1.807, 2.05) is 78.9 Å². The van der Waals surface area contributed by atoms with Crippen LogP contribution in [-0.4, -0.2) is 0 Å². The van der Waals surface area contributed by atoms with Gasteiger partial charge in [-0.15, -0.1) is 0 Å². The highest BCUT2D eigenvalue weighted by Crippen LogP contribution is 2.46. The van der Waals surface area contributed by atoms with Gasteiger partial charge in [-0.1, -0.05) is 152 Å². The van der Waals surface area contributed by atoms with Crippen LogP contribution in [0.15, 0.2) is 199 Å². The van der Waals surface area contributed by atoms with Gasteiger partial charge in [-0.25, -0.2) is 10.1 Å². The molecule has 0 saturated heterocycles. The Labute approximate surface area is 303 Å². The summed E-state index contributed by atoms with van der Waals surface area (Å²) < 4.78 is 6.92.